The van der Waals surface area contributed by atoms with Gasteiger partial charge in [-0.25, -0.2) is 8.42 Å². The molecule has 3 atom stereocenters. The van der Waals surface area contributed by atoms with Gasteiger partial charge in [0.05, 0.1) is 36.5 Å². The van der Waals surface area contributed by atoms with Crippen LogP contribution in [0.5, 0.6) is 0 Å². The molecule has 10 nitrogen and oxygen atoms in total. The Balaban J connectivity index is 1.85. The van der Waals surface area contributed by atoms with Gasteiger partial charge in [-0.2, -0.15) is 4.31 Å². The Morgan fingerprint density at radius 2 is 2.03 bits per heavy atom. The molecule has 3 rings (SSSR count). The minimum absolute atomic E-state index is 0.0653. The van der Waals surface area contributed by atoms with Gasteiger partial charge in [-0.1, -0.05) is 23.7 Å². The summed E-state index contributed by atoms with van der Waals surface area (Å²) in [7, 11) is -2.28. The summed E-state index contributed by atoms with van der Waals surface area (Å²) in [6.45, 7) is 4.63. The SMILES string of the molecule is C[C@H]1CN([C@@H](C)CO)C(=O)CCCn2cc(nn2)CO[C@@H]1CN(C)S(=O)(=O)c1ccc(Cl)cc1. The molecule has 12 heteroatoms. The van der Waals surface area contributed by atoms with Crippen LogP contribution >= 0.6 is 11.6 Å². The second-order valence-corrected chi connectivity index (χ2v) is 11.2. The molecule has 1 aromatic carbocycles. The largest absolute Gasteiger partial charge is 0.394 e. The number of benzene rings is 1. The van der Waals surface area contributed by atoms with Crippen LogP contribution in [0.15, 0.2) is 35.4 Å². The van der Waals surface area contributed by atoms with Crippen LogP contribution in [0.3, 0.4) is 0 Å². The average Bonchev–Trinajstić information content (AvgIpc) is 3.26. The third-order valence-electron chi connectivity index (χ3n) is 6.00. The molecule has 0 spiro atoms. The lowest BCUT2D eigenvalue weighted by molar-refractivity contribution is -0.136. The highest BCUT2D eigenvalue weighted by Gasteiger charge is 2.31. The molecule has 1 N–H and O–H groups in total. The topological polar surface area (TPSA) is 118 Å². The number of hydrogen-bond donors (Lipinski definition) is 1. The Labute approximate surface area is 205 Å². The van der Waals surface area contributed by atoms with Gasteiger partial charge >= 0.3 is 0 Å². The number of aryl methyl sites for hydroxylation is 1. The molecule has 34 heavy (non-hydrogen) atoms. The quantitative estimate of drug-likeness (QED) is 0.625. The highest BCUT2D eigenvalue weighted by atomic mass is 35.5. The number of carbonyl (C=O) groups excluding carboxylic acids is 1. The summed E-state index contributed by atoms with van der Waals surface area (Å²) in [6, 6.07) is 5.62. The van der Waals surface area contributed by atoms with Crippen molar-refractivity contribution in [3.05, 3.63) is 41.2 Å². The van der Waals surface area contributed by atoms with Crippen molar-refractivity contribution in [2.75, 3.05) is 26.7 Å². The molecule has 2 bridgehead atoms. The van der Waals surface area contributed by atoms with E-state index >= 15 is 0 Å². The fraction of sp³-hybridized carbons (Fsp3) is 0.591. The summed E-state index contributed by atoms with van der Waals surface area (Å²) in [6.07, 6.45) is 2.13. The van der Waals surface area contributed by atoms with Gasteiger partial charge in [0.2, 0.25) is 15.9 Å². The van der Waals surface area contributed by atoms with Gasteiger partial charge in [0, 0.05) is 44.0 Å². The van der Waals surface area contributed by atoms with Gasteiger partial charge in [0.15, 0.2) is 0 Å². The molecule has 0 fully saturated rings. The van der Waals surface area contributed by atoms with E-state index in [9.17, 15) is 18.3 Å². The van der Waals surface area contributed by atoms with Gasteiger partial charge in [0.25, 0.3) is 0 Å². The fourth-order valence-corrected chi connectivity index (χ4v) is 5.14. The number of rotatable bonds is 6. The van der Waals surface area contributed by atoms with Crippen molar-refractivity contribution in [1.29, 1.82) is 0 Å². The molecule has 188 valence electrons. The predicted octanol–water partition coefficient (Wildman–Crippen LogP) is 1.78. The first-order valence-electron chi connectivity index (χ1n) is 11.2. The maximum Gasteiger partial charge on any atom is 0.242 e. The first-order valence-corrected chi connectivity index (χ1v) is 13.1. The molecule has 1 amide bonds. The Bertz CT molecular complexity index is 1060. The summed E-state index contributed by atoms with van der Waals surface area (Å²) >= 11 is 5.91. The van der Waals surface area contributed by atoms with Crippen molar-refractivity contribution in [3.63, 3.8) is 0 Å². The molecule has 0 saturated carbocycles. The number of carbonyl (C=O) groups is 1. The number of sulfonamides is 1. The van der Waals surface area contributed by atoms with Crippen molar-refractivity contribution >= 4 is 27.5 Å². The normalized spacial score (nSPS) is 21.6. The van der Waals surface area contributed by atoms with E-state index in [1.807, 2.05) is 6.92 Å². The lowest BCUT2D eigenvalue weighted by Crippen LogP contribution is -2.47. The standard InChI is InChI=1S/C22H32ClN5O5S/c1-16-11-28(17(2)14-29)22(30)5-4-10-27-12-19(24-25-27)15-33-21(16)13-26(3)34(31,32)20-8-6-18(23)7-9-20/h6-9,12,16-17,21,29H,4-5,10-11,13-15H2,1-3H3/t16-,17-,21+/m0/s1. The van der Waals surface area contributed by atoms with Crippen LogP contribution in [0.2, 0.25) is 5.02 Å². The number of nitrogens with zero attached hydrogens (tertiary/aromatic N) is 5. The van der Waals surface area contributed by atoms with Crippen molar-refractivity contribution in [2.45, 2.75) is 56.9 Å². The second-order valence-electron chi connectivity index (χ2n) is 8.72. The number of aliphatic hydroxyl groups is 1. The number of halogens is 1. The minimum atomic E-state index is -3.78. The van der Waals surface area contributed by atoms with Crippen LogP contribution in [0, 0.1) is 5.92 Å². The summed E-state index contributed by atoms with van der Waals surface area (Å²) < 4.78 is 35.3. The maximum absolute atomic E-state index is 13.1. The van der Waals surface area contributed by atoms with E-state index in [1.54, 1.807) is 22.7 Å². The Morgan fingerprint density at radius 3 is 2.71 bits per heavy atom. The van der Waals surface area contributed by atoms with Crippen LogP contribution in [0.1, 0.15) is 32.4 Å². The monoisotopic (exact) mass is 513 g/mol. The molecule has 0 radical (unpaired) electrons. The zero-order valence-electron chi connectivity index (χ0n) is 19.7. The molecule has 0 saturated heterocycles. The number of amides is 1. The van der Waals surface area contributed by atoms with Crippen LogP contribution in [0.4, 0.5) is 0 Å². The molecule has 1 aliphatic heterocycles. The van der Waals surface area contributed by atoms with Crippen molar-refractivity contribution < 1.29 is 23.1 Å². The number of fused-ring (bicyclic) bond motifs is 2. The van der Waals surface area contributed by atoms with E-state index in [4.69, 9.17) is 16.3 Å². The predicted molar refractivity (Wildman–Crippen MR) is 127 cm³/mol. The third-order valence-corrected chi connectivity index (χ3v) is 8.09. The van der Waals surface area contributed by atoms with Crippen LogP contribution in [-0.2, 0) is 32.7 Å². The van der Waals surface area contributed by atoms with E-state index in [-0.39, 0.29) is 42.5 Å². The molecular weight excluding hydrogens is 482 g/mol. The average molecular weight is 514 g/mol. The van der Waals surface area contributed by atoms with Crippen molar-refractivity contribution in [2.24, 2.45) is 5.92 Å². The highest BCUT2D eigenvalue weighted by Crippen LogP contribution is 2.21. The zero-order chi connectivity index (χ0) is 24.9. The first-order chi connectivity index (χ1) is 16.1. The Hall–Kier alpha value is -2.05. The lowest BCUT2D eigenvalue weighted by Gasteiger charge is -2.35. The summed E-state index contributed by atoms with van der Waals surface area (Å²) in [4.78, 5) is 14.7. The fourth-order valence-electron chi connectivity index (χ4n) is 3.83. The Kier molecular flexibility index (Phi) is 9.05. The number of hydrogen-bond acceptors (Lipinski definition) is 7. The van der Waals surface area contributed by atoms with Crippen LogP contribution in [0.25, 0.3) is 0 Å². The van der Waals surface area contributed by atoms with E-state index in [0.717, 1.165) is 0 Å². The summed E-state index contributed by atoms with van der Waals surface area (Å²) in [5.74, 6) is -0.300. The number of ether oxygens (including phenoxy) is 1. The molecule has 2 aromatic rings. The molecular formula is C22H32ClN5O5S. The van der Waals surface area contributed by atoms with Crippen molar-refractivity contribution in [3.8, 4) is 0 Å². The van der Waals surface area contributed by atoms with Gasteiger partial charge in [-0.3, -0.25) is 9.48 Å². The van der Waals surface area contributed by atoms with Gasteiger partial charge in [-0.15, -0.1) is 5.10 Å². The van der Waals surface area contributed by atoms with Crippen molar-refractivity contribution in [1.82, 2.24) is 24.2 Å². The van der Waals surface area contributed by atoms with E-state index < -0.39 is 16.1 Å². The van der Waals surface area contributed by atoms with Crippen LogP contribution < -0.4 is 0 Å². The summed E-state index contributed by atoms with van der Waals surface area (Å²) in [5, 5.41) is 18.4. The number of likely N-dealkylation sites (N-methyl/N-ethyl adjacent to an activating group) is 1. The van der Waals surface area contributed by atoms with E-state index in [1.165, 1.54) is 35.6 Å². The van der Waals surface area contributed by atoms with Crippen LogP contribution in [-0.4, -0.2) is 82.5 Å². The number of aromatic nitrogens is 3. The zero-order valence-corrected chi connectivity index (χ0v) is 21.2. The minimum Gasteiger partial charge on any atom is -0.394 e. The second kappa shape index (κ2) is 11.6. The lowest BCUT2D eigenvalue weighted by atomic mass is 10.0. The van der Waals surface area contributed by atoms with Gasteiger partial charge < -0.3 is 14.7 Å². The van der Waals surface area contributed by atoms with Gasteiger partial charge in [0.1, 0.15) is 5.69 Å². The van der Waals surface area contributed by atoms with E-state index in [2.05, 4.69) is 10.3 Å². The van der Waals surface area contributed by atoms with Gasteiger partial charge in [-0.05, 0) is 37.6 Å². The Morgan fingerprint density at radius 1 is 1.32 bits per heavy atom. The molecule has 0 aliphatic carbocycles. The summed E-state index contributed by atoms with van der Waals surface area (Å²) in [5.41, 5.74) is 0.631. The molecule has 0 unspecified atom stereocenters. The molecule has 1 aromatic heterocycles. The molecule has 2 heterocycles. The molecule has 1 aliphatic rings. The highest BCUT2D eigenvalue weighted by molar-refractivity contribution is 7.89. The third kappa shape index (κ3) is 6.54. The number of aliphatic hydroxyl groups excluding tert-OH is 1. The smallest absolute Gasteiger partial charge is 0.242 e. The first kappa shape index (κ1) is 26.6. The maximum atomic E-state index is 13.1. The van der Waals surface area contributed by atoms with E-state index in [0.29, 0.717) is 36.6 Å².